The highest BCUT2D eigenvalue weighted by molar-refractivity contribution is 5.93. The van der Waals surface area contributed by atoms with Crippen LogP contribution in [0, 0.1) is 27.9 Å². The summed E-state index contributed by atoms with van der Waals surface area (Å²) in [5, 5.41) is 22.1. The molecule has 4 fully saturated rings. The average molecular weight is 393 g/mol. The van der Waals surface area contributed by atoms with Crippen molar-refractivity contribution in [3.8, 4) is 0 Å². The number of hydrazone groups is 1. The van der Waals surface area contributed by atoms with E-state index in [1.54, 1.807) is 12.1 Å². The number of benzene rings is 1. The van der Waals surface area contributed by atoms with E-state index in [0.29, 0.717) is 11.3 Å². The van der Waals surface area contributed by atoms with E-state index in [1.165, 1.54) is 56.9 Å². The fourth-order valence-electron chi connectivity index (χ4n) is 6.09. The molecule has 8 nitrogen and oxygen atoms in total. The van der Waals surface area contributed by atoms with E-state index in [4.69, 9.17) is 0 Å². The van der Waals surface area contributed by atoms with Crippen molar-refractivity contribution >= 4 is 17.8 Å². The molecule has 150 valence electrons. The van der Waals surface area contributed by atoms with Crippen molar-refractivity contribution in [2.24, 2.45) is 22.9 Å². The van der Waals surface area contributed by atoms with Crippen LogP contribution in [0.2, 0.25) is 0 Å². The largest absolute Gasteiger partial charge is 0.291 e. The summed E-state index contributed by atoms with van der Waals surface area (Å²) >= 11 is 0. The van der Waals surface area contributed by atoms with Gasteiger partial charge in [0, 0.05) is 28.8 Å². The molecule has 4 bridgehead atoms. The lowest BCUT2D eigenvalue weighted by molar-refractivity contribution is -0.384. The Hall–Kier alpha value is -3.03. The van der Waals surface area contributed by atoms with Gasteiger partial charge in [-0.15, -0.1) is 0 Å². The molecule has 0 atom stereocenters. The molecule has 4 aliphatic carbocycles. The van der Waals surface area contributed by atoms with Crippen LogP contribution in [0.15, 0.2) is 35.4 Å². The Bertz CT molecular complexity index is 960. The molecular formula is C21H23N5O3. The second kappa shape index (κ2) is 6.79. The van der Waals surface area contributed by atoms with Crippen LogP contribution in [0.4, 0.5) is 5.69 Å². The number of amides is 1. The molecule has 2 aromatic rings. The fourth-order valence-corrected chi connectivity index (χ4v) is 6.09. The van der Waals surface area contributed by atoms with Crippen molar-refractivity contribution in [2.75, 3.05) is 0 Å². The van der Waals surface area contributed by atoms with Crippen molar-refractivity contribution in [2.45, 2.75) is 43.9 Å². The summed E-state index contributed by atoms with van der Waals surface area (Å²) in [7, 11) is 0. The Morgan fingerprint density at radius 2 is 1.90 bits per heavy atom. The van der Waals surface area contributed by atoms with Crippen LogP contribution in [0.1, 0.15) is 60.3 Å². The Balaban J connectivity index is 1.27. The third-order valence-electron chi connectivity index (χ3n) is 6.88. The Labute approximate surface area is 167 Å². The lowest BCUT2D eigenvalue weighted by Gasteiger charge is -2.56. The molecule has 4 aliphatic rings. The zero-order valence-electron chi connectivity index (χ0n) is 16.0. The number of rotatable bonds is 5. The van der Waals surface area contributed by atoms with Gasteiger partial charge < -0.3 is 0 Å². The number of non-ortho nitro benzene ring substituents is 1. The number of hydrogen-bond donors (Lipinski definition) is 2. The molecule has 4 saturated carbocycles. The van der Waals surface area contributed by atoms with Crippen molar-refractivity contribution in [1.29, 1.82) is 0 Å². The van der Waals surface area contributed by atoms with Gasteiger partial charge in [-0.3, -0.25) is 20.0 Å². The van der Waals surface area contributed by atoms with E-state index >= 15 is 0 Å². The number of aromatic nitrogens is 2. The molecule has 0 aliphatic heterocycles. The number of aromatic amines is 1. The predicted octanol–water partition coefficient (Wildman–Crippen LogP) is 3.55. The van der Waals surface area contributed by atoms with Crippen LogP contribution in [0.25, 0.3) is 0 Å². The zero-order chi connectivity index (χ0) is 20.0. The van der Waals surface area contributed by atoms with Gasteiger partial charge in [0.25, 0.3) is 11.6 Å². The number of hydrogen-bond acceptors (Lipinski definition) is 5. The van der Waals surface area contributed by atoms with Gasteiger partial charge in [0.2, 0.25) is 0 Å². The number of carbonyl (C=O) groups is 1. The topological polar surface area (TPSA) is 113 Å². The third kappa shape index (κ3) is 3.32. The van der Waals surface area contributed by atoms with Gasteiger partial charge in [-0.2, -0.15) is 10.2 Å². The quantitative estimate of drug-likeness (QED) is 0.459. The Morgan fingerprint density at radius 1 is 1.21 bits per heavy atom. The zero-order valence-corrected chi connectivity index (χ0v) is 16.0. The van der Waals surface area contributed by atoms with Crippen LogP contribution < -0.4 is 5.43 Å². The third-order valence-corrected chi connectivity index (χ3v) is 6.88. The highest BCUT2D eigenvalue weighted by Gasteiger charge is 2.52. The molecule has 2 N–H and O–H groups in total. The van der Waals surface area contributed by atoms with Crippen LogP contribution in [-0.2, 0) is 5.41 Å². The smallest absolute Gasteiger partial charge is 0.281 e. The molecule has 0 saturated heterocycles. The number of H-pyrrole nitrogens is 1. The van der Waals surface area contributed by atoms with Crippen molar-refractivity contribution in [3.63, 3.8) is 0 Å². The summed E-state index contributed by atoms with van der Waals surface area (Å²) in [5.41, 5.74) is 4.55. The lowest BCUT2D eigenvalue weighted by Crippen LogP contribution is -2.48. The molecular weight excluding hydrogens is 370 g/mol. The first kappa shape index (κ1) is 18.0. The highest BCUT2D eigenvalue weighted by atomic mass is 16.6. The van der Waals surface area contributed by atoms with Crippen molar-refractivity contribution < 1.29 is 9.72 Å². The van der Waals surface area contributed by atoms with Crippen molar-refractivity contribution in [3.05, 3.63) is 57.4 Å². The van der Waals surface area contributed by atoms with Gasteiger partial charge in [-0.25, -0.2) is 5.43 Å². The molecule has 6 rings (SSSR count). The van der Waals surface area contributed by atoms with Crippen LogP contribution >= 0.6 is 0 Å². The molecule has 0 spiro atoms. The summed E-state index contributed by atoms with van der Waals surface area (Å²) in [4.78, 5) is 22.8. The monoisotopic (exact) mass is 393 g/mol. The summed E-state index contributed by atoms with van der Waals surface area (Å²) < 4.78 is 0. The van der Waals surface area contributed by atoms with E-state index in [-0.39, 0.29) is 17.0 Å². The minimum atomic E-state index is -0.467. The number of nitro benzene ring substituents is 1. The predicted molar refractivity (Wildman–Crippen MR) is 107 cm³/mol. The van der Waals surface area contributed by atoms with E-state index < -0.39 is 4.92 Å². The molecule has 8 heteroatoms. The molecule has 1 aromatic heterocycles. The summed E-state index contributed by atoms with van der Waals surface area (Å²) in [5.74, 6) is 2.07. The Morgan fingerprint density at radius 3 is 2.55 bits per heavy atom. The molecule has 1 aromatic carbocycles. The molecule has 29 heavy (non-hydrogen) atoms. The SMILES string of the molecule is O=C(N/N=C/c1cccc([N+](=O)[O-])c1)c1cc(C23CC4CC(CC(C4)C2)C3)[nH]n1. The molecule has 0 unspecified atom stereocenters. The van der Waals surface area contributed by atoms with E-state index in [1.807, 2.05) is 6.07 Å². The highest BCUT2D eigenvalue weighted by Crippen LogP contribution is 2.60. The number of nitro groups is 1. The van der Waals surface area contributed by atoms with Crippen molar-refractivity contribution in [1.82, 2.24) is 15.6 Å². The Kier molecular flexibility index (Phi) is 4.22. The van der Waals surface area contributed by atoms with E-state index in [9.17, 15) is 14.9 Å². The van der Waals surface area contributed by atoms with E-state index in [0.717, 1.165) is 23.4 Å². The summed E-state index contributed by atoms with van der Waals surface area (Å²) in [6.45, 7) is 0. The first-order chi connectivity index (χ1) is 14.0. The second-order valence-electron chi connectivity index (χ2n) is 8.92. The first-order valence-electron chi connectivity index (χ1n) is 10.1. The normalized spacial score (nSPS) is 30.0. The van der Waals surface area contributed by atoms with Gasteiger partial charge >= 0.3 is 0 Å². The van der Waals surface area contributed by atoms with Gasteiger partial charge in [0.05, 0.1) is 11.1 Å². The lowest BCUT2D eigenvalue weighted by atomic mass is 9.49. The molecule has 1 amide bonds. The minimum Gasteiger partial charge on any atom is -0.281 e. The van der Waals surface area contributed by atoms with Gasteiger partial charge in [0.1, 0.15) is 0 Å². The van der Waals surface area contributed by atoms with Crippen LogP contribution in [0.3, 0.4) is 0 Å². The number of carbonyl (C=O) groups excluding carboxylic acids is 1. The maximum atomic E-state index is 12.4. The van der Waals surface area contributed by atoms with Crippen LogP contribution in [0.5, 0.6) is 0 Å². The summed E-state index contributed by atoms with van der Waals surface area (Å²) in [6, 6.07) is 7.95. The average Bonchev–Trinajstić information content (AvgIpc) is 3.18. The van der Waals surface area contributed by atoms with Gasteiger partial charge in [0.15, 0.2) is 5.69 Å². The van der Waals surface area contributed by atoms with Gasteiger partial charge in [-0.1, -0.05) is 12.1 Å². The molecule has 1 heterocycles. The number of nitrogens with zero attached hydrogens (tertiary/aromatic N) is 3. The second-order valence-corrected chi connectivity index (χ2v) is 8.92. The summed E-state index contributed by atoms with van der Waals surface area (Å²) in [6.07, 6.45) is 9.10. The van der Waals surface area contributed by atoms with Gasteiger partial charge in [-0.05, 0) is 62.3 Å². The fraction of sp³-hybridized carbons (Fsp3) is 0.476. The minimum absolute atomic E-state index is 0.0206. The van der Waals surface area contributed by atoms with E-state index in [2.05, 4.69) is 20.7 Å². The van der Waals surface area contributed by atoms with Crippen LogP contribution in [-0.4, -0.2) is 27.2 Å². The number of nitrogens with one attached hydrogen (secondary N) is 2. The maximum absolute atomic E-state index is 12.4. The maximum Gasteiger partial charge on any atom is 0.291 e. The first-order valence-corrected chi connectivity index (χ1v) is 10.1. The standard InChI is InChI=1S/C21H23N5O3/c27-20(25-22-12-13-2-1-3-17(7-13)26(28)29)18-8-19(24-23-18)21-9-14-4-15(10-21)6-16(5-14)11-21/h1-3,7-8,12,14-16H,4-6,9-11H2,(H,23,24)(H,25,27)/b22-12+. The molecule has 0 radical (unpaired) electrons.